The molecule has 1 aliphatic heterocycles. The van der Waals surface area contributed by atoms with Gasteiger partial charge in [0.1, 0.15) is 0 Å². The average Bonchev–Trinajstić information content (AvgIpc) is 3.47. The van der Waals surface area contributed by atoms with Crippen molar-refractivity contribution in [1.29, 1.82) is 0 Å². The van der Waals surface area contributed by atoms with Crippen molar-refractivity contribution < 1.29 is 14.4 Å². The number of nitrogens with zero attached hydrogens (tertiary/aromatic N) is 3. The maximum atomic E-state index is 12.7. The molecule has 0 saturated carbocycles. The van der Waals surface area contributed by atoms with Gasteiger partial charge in [0.05, 0.1) is 24.3 Å². The van der Waals surface area contributed by atoms with E-state index in [1.54, 1.807) is 42.2 Å². The van der Waals surface area contributed by atoms with Crippen molar-refractivity contribution in [3.8, 4) is 0 Å². The first kappa shape index (κ1) is 25.7. The van der Waals surface area contributed by atoms with Gasteiger partial charge in [0.2, 0.25) is 11.8 Å². The molecule has 1 aliphatic rings. The smallest absolute Gasteiger partial charge is 0.251 e. The minimum atomic E-state index is -0.483. The highest BCUT2D eigenvalue weighted by molar-refractivity contribution is 7.80. The molecule has 1 saturated heterocycles. The lowest BCUT2D eigenvalue weighted by molar-refractivity contribution is -0.124. The van der Waals surface area contributed by atoms with Crippen LogP contribution in [0, 0.1) is 0 Å². The van der Waals surface area contributed by atoms with Crippen molar-refractivity contribution >= 4 is 30.4 Å². The number of likely N-dealkylation sites (N-methyl/N-ethyl adjacent to an activating group) is 2. The Bertz CT molecular complexity index is 981. The van der Waals surface area contributed by atoms with Crippen molar-refractivity contribution in [2.75, 3.05) is 26.7 Å². The Morgan fingerprint density at radius 1 is 1.24 bits per heavy atom. The van der Waals surface area contributed by atoms with Gasteiger partial charge in [-0.1, -0.05) is 5.21 Å². The second-order valence-electron chi connectivity index (χ2n) is 8.12. The van der Waals surface area contributed by atoms with Crippen LogP contribution in [-0.4, -0.2) is 77.5 Å². The highest BCUT2D eigenvalue weighted by atomic mass is 32.1. The summed E-state index contributed by atoms with van der Waals surface area (Å²) >= 11 is 4.21. The molecule has 0 bridgehead atoms. The van der Waals surface area contributed by atoms with Gasteiger partial charge in [-0.05, 0) is 44.7 Å². The Balaban J connectivity index is 1.43. The van der Waals surface area contributed by atoms with E-state index in [-0.39, 0.29) is 29.8 Å². The van der Waals surface area contributed by atoms with E-state index in [9.17, 15) is 14.4 Å². The van der Waals surface area contributed by atoms with Crippen LogP contribution in [0.3, 0.4) is 0 Å². The Morgan fingerprint density at radius 2 is 2.00 bits per heavy atom. The SMILES string of the molecule is CCNC(=O)[C@@H]1C[C@H](NC(=O)[C@H](Cc2cn(CCNC(=O)c3ccc(S)cc3)nn2)NC)CN1. The fourth-order valence-corrected chi connectivity index (χ4v) is 3.87. The zero-order valence-electron chi connectivity index (χ0n) is 19.4. The molecule has 11 nitrogen and oxygen atoms in total. The van der Waals surface area contributed by atoms with Gasteiger partial charge in [-0.3, -0.25) is 19.1 Å². The molecule has 12 heteroatoms. The van der Waals surface area contributed by atoms with Gasteiger partial charge in [0.25, 0.3) is 5.91 Å². The minimum absolute atomic E-state index is 0.0483. The molecule has 0 radical (unpaired) electrons. The molecular weight excluding hydrogens is 456 g/mol. The quantitative estimate of drug-likeness (QED) is 0.225. The first-order valence-electron chi connectivity index (χ1n) is 11.3. The van der Waals surface area contributed by atoms with E-state index in [0.717, 1.165) is 4.90 Å². The molecule has 2 heterocycles. The summed E-state index contributed by atoms with van der Waals surface area (Å²) in [6.07, 6.45) is 2.68. The number of carbonyl (C=O) groups is 3. The number of hydrogen-bond donors (Lipinski definition) is 6. The molecule has 3 amide bonds. The molecule has 34 heavy (non-hydrogen) atoms. The van der Waals surface area contributed by atoms with Gasteiger partial charge < -0.3 is 26.6 Å². The number of carbonyl (C=O) groups excluding carboxylic acids is 3. The number of amides is 3. The first-order chi connectivity index (χ1) is 16.4. The van der Waals surface area contributed by atoms with E-state index in [4.69, 9.17) is 0 Å². The largest absolute Gasteiger partial charge is 0.355 e. The summed E-state index contributed by atoms with van der Waals surface area (Å²) in [4.78, 5) is 37.7. The maximum absolute atomic E-state index is 12.7. The summed E-state index contributed by atoms with van der Waals surface area (Å²) in [6, 6.07) is 6.08. The number of nitrogens with one attached hydrogen (secondary N) is 5. The number of hydrogen-bond acceptors (Lipinski definition) is 8. The summed E-state index contributed by atoms with van der Waals surface area (Å²) in [5.74, 6) is -0.371. The van der Waals surface area contributed by atoms with Crippen molar-refractivity contribution in [3.05, 3.63) is 41.7 Å². The fraction of sp³-hybridized carbons (Fsp3) is 0.500. The van der Waals surface area contributed by atoms with Crippen LogP contribution in [-0.2, 0) is 22.6 Å². The zero-order valence-corrected chi connectivity index (χ0v) is 20.3. The Kier molecular flexibility index (Phi) is 9.42. The van der Waals surface area contributed by atoms with Gasteiger partial charge in [-0.2, -0.15) is 0 Å². The Labute approximate surface area is 204 Å². The van der Waals surface area contributed by atoms with Crippen LogP contribution in [0.5, 0.6) is 0 Å². The molecule has 0 aliphatic carbocycles. The minimum Gasteiger partial charge on any atom is -0.355 e. The fourth-order valence-electron chi connectivity index (χ4n) is 3.72. The van der Waals surface area contributed by atoms with Crippen LogP contribution < -0.4 is 26.6 Å². The predicted octanol–water partition coefficient (Wildman–Crippen LogP) is -0.890. The third-order valence-electron chi connectivity index (χ3n) is 5.57. The molecule has 3 rings (SSSR count). The van der Waals surface area contributed by atoms with Gasteiger partial charge in [-0.15, -0.1) is 17.7 Å². The summed E-state index contributed by atoms with van der Waals surface area (Å²) in [6.45, 7) is 3.84. The first-order valence-corrected chi connectivity index (χ1v) is 11.8. The molecular formula is C22H32N8O3S. The second kappa shape index (κ2) is 12.5. The van der Waals surface area contributed by atoms with E-state index < -0.39 is 6.04 Å². The Morgan fingerprint density at radius 3 is 2.71 bits per heavy atom. The highest BCUT2D eigenvalue weighted by Gasteiger charge is 2.31. The van der Waals surface area contributed by atoms with Gasteiger partial charge in [-0.25, -0.2) is 0 Å². The molecule has 0 unspecified atom stereocenters. The average molecular weight is 489 g/mol. The lowest BCUT2D eigenvalue weighted by Gasteiger charge is -2.18. The van der Waals surface area contributed by atoms with Crippen molar-refractivity contribution in [2.45, 2.75) is 49.3 Å². The molecule has 3 atom stereocenters. The van der Waals surface area contributed by atoms with Crippen LogP contribution in [0.25, 0.3) is 0 Å². The van der Waals surface area contributed by atoms with E-state index in [1.165, 1.54) is 0 Å². The summed E-state index contributed by atoms with van der Waals surface area (Å²) < 4.78 is 1.63. The third-order valence-corrected chi connectivity index (χ3v) is 5.86. The van der Waals surface area contributed by atoms with Gasteiger partial charge >= 0.3 is 0 Å². The molecule has 2 aromatic rings. The van der Waals surface area contributed by atoms with Crippen molar-refractivity contribution in [1.82, 2.24) is 41.6 Å². The van der Waals surface area contributed by atoms with E-state index in [2.05, 4.69) is 49.5 Å². The monoisotopic (exact) mass is 488 g/mol. The van der Waals surface area contributed by atoms with E-state index >= 15 is 0 Å². The molecule has 1 aromatic heterocycles. The summed E-state index contributed by atoms with van der Waals surface area (Å²) in [5, 5.41) is 23.0. The van der Waals surface area contributed by atoms with Crippen molar-refractivity contribution in [2.24, 2.45) is 0 Å². The van der Waals surface area contributed by atoms with Crippen LogP contribution in [0.15, 0.2) is 35.4 Å². The van der Waals surface area contributed by atoms with E-state index in [1.807, 2.05) is 6.92 Å². The number of rotatable bonds is 11. The third kappa shape index (κ3) is 7.27. The van der Waals surface area contributed by atoms with Crippen LogP contribution in [0.4, 0.5) is 0 Å². The Hall–Kier alpha value is -2.96. The topological polar surface area (TPSA) is 142 Å². The van der Waals surface area contributed by atoms with Crippen molar-refractivity contribution in [3.63, 3.8) is 0 Å². The molecule has 1 fully saturated rings. The van der Waals surface area contributed by atoms with Gasteiger partial charge in [0.15, 0.2) is 0 Å². The number of benzene rings is 1. The molecule has 184 valence electrons. The van der Waals surface area contributed by atoms with E-state index in [0.29, 0.717) is 50.3 Å². The molecule has 1 aromatic carbocycles. The summed E-state index contributed by atoms with van der Waals surface area (Å²) in [5.41, 5.74) is 1.23. The number of aromatic nitrogens is 3. The van der Waals surface area contributed by atoms with Crippen LogP contribution in [0.2, 0.25) is 0 Å². The predicted molar refractivity (Wildman–Crippen MR) is 130 cm³/mol. The normalized spacial score (nSPS) is 18.3. The standard InChI is InChI=1S/C22H32N8O3S/c1-3-24-21(32)19-10-15(12-26-19)27-22(33)18(23-2)11-16-13-30(29-28-16)9-8-25-20(31)14-4-6-17(34)7-5-14/h4-7,13,15,18-19,23,26,34H,3,8-12H2,1-2H3,(H,24,32)(H,25,31)(H,27,33)/t15-,18-,19-/m0/s1. The zero-order chi connectivity index (χ0) is 24.5. The summed E-state index contributed by atoms with van der Waals surface area (Å²) in [7, 11) is 1.72. The second-order valence-corrected chi connectivity index (χ2v) is 8.63. The van der Waals surface area contributed by atoms with Crippen LogP contribution in [0.1, 0.15) is 29.4 Å². The lowest BCUT2D eigenvalue weighted by atomic mass is 10.1. The van der Waals surface area contributed by atoms with Crippen LogP contribution >= 0.6 is 12.6 Å². The lowest BCUT2D eigenvalue weighted by Crippen LogP contribution is -2.48. The highest BCUT2D eigenvalue weighted by Crippen LogP contribution is 2.09. The molecule has 5 N–H and O–H groups in total. The molecule has 0 spiro atoms. The van der Waals surface area contributed by atoms with Gasteiger partial charge in [0, 0.05) is 48.8 Å². The maximum Gasteiger partial charge on any atom is 0.251 e. The number of thiol groups is 1.